The topological polar surface area (TPSA) is 71.8 Å². The van der Waals surface area contributed by atoms with E-state index in [1.165, 1.54) is 11.6 Å². The van der Waals surface area contributed by atoms with Crippen molar-refractivity contribution in [2.45, 2.75) is 19.8 Å². The van der Waals surface area contributed by atoms with Crippen LogP contribution in [0.2, 0.25) is 0 Å². The molecule has 0 radical (unpaired) electrons. The summed E-state index contributed by atoms with van der Waals surface area (Å²) in [5.74, 6) is 0.690. The largest absolute Gasteiger partial charge is 0.398 e. The van der Waals surface area contributed by atoms with Crippen LogP contribution in [0.25, 0.3) is 11.3 Å². The quantitative estimate of drug-likeness (QED) is 0.727. The molecule has 1 heterocycles. The number of aromatic amines is 1. The minimum atomic E-state index is -0.141. The lowest BCUT2D eigenvalue weighted by molar-refractivity contribution is 0.850. The molecular weight excluding hydrogens is 286 g/mol. The number of nitrogens with two attached hydrogens (primary N) is 1. The summed E-state index contributed by atoms with van der Waals surface area (Å²) in [6.07, 6.45) is 1.53. The molecule has 0 aliphatic rings. The summed E-state index contributed by atoms with van der Waals surface area (Å²) in [5, 5.41) is 0. The Morgan fingerprint density at radius 2 is 1.83 bits per heavy atom. The van der Waals surface area contributed by atoms with Crippen molar-refractivity contribution in [2.75, 3.05) is 5.73 Å². The van der Waals surface area contributed by atoms with Gasteiger partial charge in [0.25, 0.3) is 5.56 Å². The Morgan fingerprint density at radius 1 is 1.04 bits per heavy atom. The van der Waals surface area contributed by atoms with E-state index in [9.17, 15) is 4.79 Å². The molecule has 0 saturated heterocycles. The maximum Gasteiger partial charge on any atom is 0.251 e. The molecule has 23 heavy (non-hydrogen) atoms. The fraction of sp³-hybridized carbons (Fsp3) is 0.158. The zero-order valence-electron chi connectivity index (χ0n) is 13.0. The van der Waals surface area contributed by atoms with Crippen LogP contribution in [-0.4, -0.2) is 9.97 Å². The predicted octanol–water partition coefficient (Wildman–Crippen LogP) is 3.11. The predicted molar refractivity (Wildman–Crippen MR) is 93.3 cm³/mol. The summed E-state index contributed by atoms with van der Waals surface area (Å²) in [6.45, 7) is 1.95. The van der Waals surface area contributed by atoms with Crippen molar-refractivity contribution in [3.8, 4) is 11.3 Å². The molecule has 116 valence electrons. The summed E-state index contributed by atoms with van der Waals surface area (Å²) < 4.78 is 0. The van der Waals surface area contributed by atoms with E-state index < -0.39 is 0 Å². The second-order valence-electron chi connectivity index (χ2n) is 5.63. The van der Waals surface area contributed by atoms with E-state index in [0.29, 0.717) is 23.6 Å². The number of anilines is 1. The lowest BCUT2D eigenvalue weighted by Gasteiger charge is -2.07. The number of hydrogen-bond donors (Lipinski definition) is 2. The summed E-state index contributed by atoms with van der Waals surface area (Å²) in [5.41, 5.74) is 10.3. The number of aromatic nitrogens is 2. The molecular formula is C19H19N3O. The lowest BCUT2D eigenvalue weighted by atomic mass is 10.1. The monoisotopic (exact) mass is 305 g/mol. The third-order valence-corrected chi connectivity index (χ3v) is 3.86. The van der Waals surface area contributed by atoms with E-state index in [0.717, 1.165) is 17.5 Å². The van der Waals surface area contributed by atoms with Gasteiger partial charge < -0.3 is 10.7 Å². The highest BCUT2D eigenvalue weighted by Gasteiger charge is 2.06. The first kappa shape index (κ1) is 15.0. The minimum Gasteiger partial charge on any atom is -0.398 e. The Hall–Kier alpha value is -2.88. The molecule has 1 aromatic heterocycles. The van der Waals surface area contributed by atoms with E-state index in [4.69, 9.17) is 5.73 Å². The van der Waals surface area contributed by atoms with Crippen LogP contribution in [0.15, 0.2) is 59.4 Å². The van der Waals surface area contributed by atoms with Crippen LogP contribution >= 0.6 is 0 Å². The molecule has 0 saturated carbocycles. The van der Waals surface area contributed by atoms with Gasteiger partial charge in [0.05, 0.1) is 5.69 Å². The highest BCUT2D eigenvalue weighted by Crippen LogP contribution is 2.21. The first-order chi connectivity index (χ1) is 11.1. The van der Waals surface area contributed by atoms with Gasteiger partial charge in [0, 0.05) is 23.7 Å². The molecule has 0 atom stereocenters. The van der Waals surface area contributed by atoms with E-state index in [-0.39, 0.29) is 5.56 Å². The Balaban J connectivity index is 1.87. The van der Waals surface area contributed by atoms with Gasteiger partial charge in [-0.3, -0.25) is 4.79 Å². The fourth-order valence-corrected chi connectivity index (χ4v) is 2.48. The van der Waals surface area contributed by atoms with Crippen LogP contribution in [-0.2, 0) is 12.8 Å². The Bertz CT molecular complexity index is 869. The van der Waals surface area contributed by atoms with Crippen molar-refractivity contribution in [3.05, 3.63) is 81.9 Å². The number of nitrogen functional groups attached to an aromatic ring is 1. The normalized spacial score (nSPS) is 10.7. The fourth-order valence-electron chi connectivity index (χ4n) is 2.48. The number of nitrogens with one attached hydrogen (secondary N) is 1. The molecule has 0 bridgehead atoms. The summed E-state index contributed by atoms with van der Waals surface area (Å²) in [6, 6.07) is 17.4. The highest BCUT2D eigenvalue weighted by atomic mass is 16.1. The number of hydrogen-bond acceptors (Lipinski definition) is 3. The molecule has 4 heteroatoms. The zero-order chi connectivity index (χ0) is 16.2. The molecule has 0 unspecified atom stereocenters. The number of aryl methyl sites for hydroxylation is 3. The number of nitrogens with zero attached hydrogens (tertiary/aromatic N) is 1. The number of rotatable bonds is 4. The molecule has 0 aliphatic carbocycles. The van der Waals surface area contributed by atoms with Gasteiger partial charge in [-0.05, 0) is 30.5 Å². The Morgan fingerprint density at radius 3 is 2.57 bits per heavy atom. The van der Waals surface area contributed by atoms with Crippen molar-refractivity contribution < 1.29 is 0 Å². The van der Waals surface area contributed by atoms with Gasteiger partial charge in [-0.15, -0.1) is 0 Å². The second-order valence-corrected chi connectivity index (χ2v) is 5.63. The smallest absolute Gasteiger partial charge is 0.251 e. The number of H-pyrrole nitrogens is 1. The summed E-state index contributed by atoms with van der Waals surface area (Å²) in [4.78, 5) is 19.3. The Labute approximate surface area is 135 Å². The second kappa shape index (κ2) is 6.48. The lowest BCUT2D eigenvalue weighted by Crippen LogP contribution is -2.12. The average molecular weight is 305 g/mol. The first-order valence-corrected chi connectivity index (χ1v) is 7.62. The van der Waals surface area contributed by atoms with Gasteiger partial charge >= 0.3 is 0 Å². The van der Waals surface area contributed by atoms with Gasteiger partial charge in [-0.25, -0.2) is 4.98 Å². The molecule has 4 nitrogen and oxygen atoms in total. The maximum absolute atomic E-state index is 11.9. The third kappa shape index (κ3) is 3.66. The maximum atomic E-state index is 11.9. The molecule has 2 aromatic carbocycles. The standard InChI is InChI=1S/C19H19N3O/c1-13-7-9-15(11-16(13)20)17-12-19(23)22-18(21-17)10-8-14-5-3-2-4-6-14/h2-7,9,11-12H,8,10,20H2,1H3,(H,21,22,23). The first-order valence-electron chi connectivity index (χ1n) is 7.62. The van der Waals surface area contributed by atoms with Crippen molar-refractivity contribution in [3.63, 3.8) is 0 Å². The van der Waals surface area contributed by atoms with E-state index in [1.54, 1.807) is 0 Å². The molecule has 3 N–H and O–H groups in total. The minimum absolute atomic E-state index is 0.141. The molecule has 3 rings (SSSR count). The molecule has 3 aromatic rings. The highest BCUT2D eigenvalue weighted by molar-refractivity contribution is 5.65. The molecule has 0 amide bonds. The summed E-state index contributed by atoms with van der Waals surface area (Å²) >= 11 is 0. The molecule has 0 aliphatic heterocycles. The van der Waals surface area contributed by atoms with Crippen molar-refractivity contribution in [1.29, 1.82) is 0 Å². The summed E-state index contributed by atoms with van der Waals surface area (Å²) in [7, 11) is 0. The molecule has 0 fully saturated rings. The van der Waals surface area contributed by atoms with E-state index in [1.807, 2.05) is 43.3 Å². The van der Waals surface area contributed by atoms with E-state index >= 15 is 0 Å². The Kier molecular flexibility index (Phi) is 4.24. The average Bonchev–Trinajstić information content (AvgIpc) is 2.56. The van der Waals surface area contributed by atoms with Gasteiger partial charge in [0.2, 0.25) is 0 Å². The van der Waals surface area contributed by atoms with Crippen LogP contribution in [0.5, 0.6) is 0 Å². The van der Waals surface area contributed by atoms with Gasteiger partial charge in [-0.2, -0.15) is 0 Å². The number of benzene rings is 2. The van der Waals surface area contributed by atoms with Crippen molar-refractivity contribution >= 4 is 5.69 Å². The third-order valence-electron chi connectivity index (χ3n) is 3.86. The van der Waals surface area contributed by atoms with Crippen molar-refractivity contribution in [1.82, 2.24) is 9.97 Å². The van der Waals surface area contributed by atoms with Gasteiger partial charge in [0.1, 0.15) is 5.82 Å². The van der Waals surface area contributed by atoms with Gasteiger partial charge in [0.15, 0.2) is 0 Å². The van der Waals surface area contributed by atoms with Crippen LogP contribution in [0, 0.1) is 6.92 Å². The van der Waals surface area contributed by atoms with Crippen molar-refractivity contribution in [2.24, 2.45) is 0 Å². The van der Waals surface area contributed by atoms with E-state index in [2.05, 4.69) is 22.1 Å². The van der Waals surface area contributed by atoms with Crippen LogP contribution < -0.4 is 11.3 Å². The van der Waals surface area contributed by atoms with Gasteiger partial charge in [-0.1, -0.05) is 42.5 Å². The zero-order valence-corrected chi connectivity index (χ0v) is 13.0. The molecule has 0 spiro atoms. The van der Waals surface area contributed by atoms with Crippen LogP contribution in [0.3, 0.4) is 0 Å². The SMILES string of the molecule is Cc1ccc(-c2cc(=O)[nH]c(CCc3ccccc3)n2)cc1N. The van der Waals surface area contributed by atoms with Crippen LogP contribution in [0.4, 0.5) is 5.69 Å². The van der Waals surface area contributed by atoms with Crippen LogP contribution in [0.1, 0.15) is 17.0 Å².